The zero-order valence-corrected chi connectivity index (χ0v) is 23.2. The Morgan fingerprint density at radius 1 is 0.895 bits per heavy atom. The highest BCUT2D eigenvalue weighted by Crippen LogP contribution is 2.58. The van der Waals surface area contributed by atoms with Gasteiger partial charge in [0.25, 0.3) is 5.91 Å². The summed E-state index contributed by atoms with van der Waals surface area (Å²) >= 11 is 1.48. The Morgan fingerprint density at radius 2 is 1.55 bits per heavy atom. The largest absolute Gasteiger partial charge is 0.295 e. The van der Waals surface area contributed by atoms with E-state index in [2.05, 4.69) is 41.3 Å². The Hall–Kier alpha value is -3.09. The fourth-order valence-electron chi connectivity index (χ4n) is 6.44. The van der Waals surface area contributed by atoms with E-state index in [0.717, 1.165) is 60.4 Å². The van der Waals surface area contributed by atoms with E-state index < -0.39 is 4.87 Å². The van der Waals surface area contributed by atoms with Gasteiger partial charge in [0.15, 0.2) is 0 Å². The number of carbonyl (C=O) groups is 2. The second kappa shape index (κ2) is 9.90. The van der Waals surface area contributed by atoms with Crippen molar-refractivity contribution in [1.82, 2.24) is 4.90 Å². The predicted molar refractivity (Wildman–Crippen MR) is 155 cm³/mol. The summed E-state index contributed by atoms with van der Waals surface area (Å²) in [6.07, 6.45) is 3.37. The SMILES string of the molecule is Cc1cc(C)cc(N2C(=O)[C@H](C)S[C@@]23C(=O)N(CN2CCC(Cc4ccccc4)CC2)c2ccccc23)c1. The van der Waals surface area contributed by atoms with Crippen LogP contribution in [0.4, 0.5) is 11.4 Å². The van der Waals surface area contributed by atoms with E-state index in [1.165, 1.54) is 17.3 Å². The maximum absolute atomic E-state index is 14.5. The van der Waals surface area contributed by atoms with E-state index in [1.54, 1.807) is 4.90 Å². The van der Waals surface area contributed by atoms with Gasteiger partial charge in [-0.05, 0) is 80.8 Å². The van der Waals surface area contributed by atoms with Gasteiger partial charge in [-0.2, -0.15) is 0 Å². The van der Waals surface area contributed by atoms with E-state index in [0.29, 0.717) is 12.6 Å². The molecule has 0 aliphatic carbocycles. The molecule has 0 saturated carbocycles. The number of piperidine rings is 1. The summed E-state index contributed by atoms with van der Waals surface area (Å²) in [6, 6.07) is 25.0. The Balaban J connectivity index is 1.28. The number of rotatable bonds is 5. The number of thioether (sulfide) groups is 1. The summed E-state index contributed by atoms with van der Waals surface area (Å²) < 4.78 is 0. The van der Waals surface area contributed by atoms with Crippen LogP contribution in [0.2, 0.25) is 0 Å². The normalized spacial score (nSPS) is 24.0. The molecule has 2 saturated heterocycles. The molecule has 3 heterocycles. The molecule has 6 rings (SSSR count). The third kappa shape index (κ3) is 4.24. The highest BCUT2D eigenvalue weighted by atomic mass is 32.2. The van der Waals surface area contributed by atoms with Crippen molar-refractivity contribution in [3.05, 3.63) is 95.1 Å². The van der Waals surface area contributed by atoms with Gasteiger partial charge in [0.2, 0.25) is 10.8 Å². The number of nitrogens with zero attached hydrogens (tertiary/aromatic N) is 3. The fourth-order valence-corrected chi connectivity index (χ4v) is 7.97. The lowest BCUT2D eigenvalue weighted by atomic mass is 9.90. The van der Waals surface area contributed by atoms with Gasteiger partial charge in [-0.1, -0.05) is 54.6 Å². The molecule has 196 valence electrons. The minimum Gasteiger partial charge on any atom is -0.295 e. The molecule has 5 nitrogen and oxygen atoms in total. The van der Waals surface area contributed by atoms with Crippen LogP contribution in [0.3, 0.4) is 0 Å². The smallest absolute Gasteiger partial charge is 0.269 e. The van der Waals surface area contributed by atoms with E-state index in [-0.39, 0.29) is 17.1 Å². The third-order valence-electron chi connectivity index (χ3n) is 8.21. The first kappa shape index (κ1) is 25.2. The van der Waals surface area contributed by atoms with Gasteiger partial charge in [-0.3, -0.25) is 24.3 Å². The minimum atomic E-state index is -1.07. The minimum absolute atomic E-state index is 0.00744. The summed E-state index contributed by atoms with van der Waals surface area (Å²) in [5.41, 5.74) is 6.22. The van der Waals surface area contributed by atoms with Gasteiger partial charge >= 0.3 is 0 Å². The molecule has 3 aliphatic heterocycles. The van der Waals surface area contributed by atoms with Crippen LogP contribution in [0, 0.1) is 19.8 Å². The molecule has 6 heteroatoms. The summed E-state index contributed by atoms with van der Waals surface area (Å²) in [5, 5.41) is -0.304. The lowest BCUT2D eigenvalue weighted by Gasteiger charge is -2.36. The van der Waals surface area contributed by atoms with E-state index in [4.69, 9.17) is 0 Å². The predicted octanol–water partition coefficient (Wildman–Crippen LogP) is 5.88. The number of anilines is 2. The highest BCUT2D eigenvalue weighted by Gasteiger charge is 2.63. The van der Waals surface area contributed by atoms with E-state index >= 15 is 0 Å². The second-order valence-corrected chi connectivity index (χ2v) is 12.6. The molecule has 3 aromatic carbocycles. The highest BCUT2D eigenvalue weighted by molar-refractivity contribution is 8.03. The quantitative estimate of drug-likeness (QED) is 0.417. The Bertz CT molecular complexity index is 1350. The van der Waals surface area contributed by atoms with E-state index in [1.807, 2.05) is 62.1 Å². The zero-order valence-electron chi connectivity index (χ0n) is 22.4. The molecule has 38 heavy (non-hydrogen) atoms. The number of fused-ring (bicyclic) bond motifs is 2. The van der Waals surface area contributed by atoms with Crippen molar-refractivity contribution in [2.45, 2.75) is 50.2 Å². The molecule has 0 bridgehead atoms. The van der Waals surface area contributed by atoms with Gasteiger partial charge < -0.3 is 0 Å². The molecular weight excluding hydrogens is 490 g/mol. The first-order valence-electron chi connectivity index (χ1n) is 13.6. The van der Waals surface area contributed by atoms with Crippen LogP contribution >= 0.6 is 11.8 Å². The number of aryl methyl sites for hydroxylation is 2. The molecule has 2 atom stereocenters. The monoisotopic (exact) mass is 525 g/mol. The first-order valence-corrected chi connectivity index (χ1v) is 14.5. The zero-order chi connectivity index (χ0) is 26.4. The average molecular weight is 526 g/mol. The maximum atomic E-state index is 14.5. The van der Waals surface area contributed by atoms with Gasteiger partial charge in [-0.25, -0.2) is 0 Å². The van der Waals surface area contributed by atoms with Crippen molar-refractivity contribution in [2.75, 3.05) is 29.6 Å². The molecular formula is C32H35N3O2S. The van der Waals surface area contributed by atoms with Gasteiger partial charge in [-0.15, -0.1) is 11.8 Å². The van der Waals surface area contributed by atoms with Crippen molar-refractivity contribution in [3.8, 4) is 0 Å². The number of hydrogen-bond donors (Lipinski definition) is 0. The summed E-state index contributed by atoms with van der Waals surface area (Å²) in [7, 11) is 0. The topological polar surface area (TPSA) is 43.9 Å². The van der Waals surface area contributed by atoms with Gasteiger partial charge in [0.1, 0.15) is 0 Å². The maximum Gasteiger partial charge on any atom is 0.269 e. The van der Waals surface area contributed by atoms with Crippen LogP contribution in [0.15, 0.2) is 72.8 Å². The Kier molecular flexibility index (Phi) is 6.57. The molecule has 2 fully saturated rings. The van der Waals surface area contributed by atoms with Gasteiger partial charge in [0, 0.05) is 24.3 Å². The van der Waals surface area contributed by atoms with Crippen LogP contribution in [-0.4, -0.2) is 41.7 Å². The lowest BCUT2D eigenvalue weighted by molar-refractivity contribution is -0.124. The number of benzene rings is 3. The van der Waals surface area contributed by atoms with Crippen LogP contribution in [0.5, 0.6) is 0 Å². The van der Waals surface area contributed by atoms with Crippen molar-refractivity contribution >= 4 is 35.0 Å². The number of amides is 2. The summed E-state index contributed by atoms with van der Waals surface area (Å²) in [4.78, 5) is 33.2. The molecule has 1 spiro atoms. The summed E-state index contributed by atoms with van der Waals surface area (Å²) in [5.74, 6) is 0.657. The molecule has 2 amide bonds. The molecule has 0 radical (unpaired) electrons. The Morgan fingerprint density at radius 3 is 2.26 bits per heavy atom. The van der Waals surface area contributed by atoms with Crippen LogP contribution in [-0.2, 0) is 20.9 Å². The molecule has 0 N–H and O–H groups in total. The van der Waals surface area contributed by atoms with Crippen molar-refractivity contribution in [1.29, 1.82) is 0 Å². The number of hydrogen-bond acceptors (Lipinski definition) is 4. The standard InChI is InChI=1S/C32H35N3O2S/c1-22-17-23(2)19-27(18-22)35-30(36)24(3)38-32(35)28-11-7-8-12-29(28)34(31(32)37)21-33-15-13-26(14-16-33)20-25-9-5-4-6-10-25/h4-12,17-19,24,26H,13-16,20-21H2,1-3H3/t24-,32-/m0/s1. The lowest BCUT2D eigenvalue weighted by Crippen LogP contribution is -2.52. The number of para-hydroxylation sites is 1. The fraction of sp³-hybridized carbons (Fsp3) is 0.375. The van der Waals surface area contributed by atoms with Crippen LogP contribution < -0.4 is 9.80 Å². The second-order valence-electron chi connectivity index (χ2n) is 11.1. The van der Waals surface area contributed by atoms with Crippen LogP contribution in [0.25, 0.3) is 0 Å². The summed E-state index contributed by atoms with van der Waals surface area (Å²) in [6.45, 7) is 8.50. The first-order chi connectivity index (χ1) is 18.4. The average Bonchev–Trinajstić information content (AvgIpc) is 3.30. The van der Waals surface area contributed by atoms with E-state index in [9.17, 15) is 9.59 Å². The Labute approximate surface area is 229 Å². The van der Waals surface area contributed by atoms with Crippen molar-refractivity contribution < 1.29 is 9.59 Å². The third-order valence-corrected chi connectivity index (χ3v) is 9.68. The molecule has 0 unspecified atom stereocenters. The van der Waals surface area contributed by atoms with Crippen molar-refractivity contribution in [3.63, 3.8) is 0 Å². The number of likely N-dealkylation sites (tertiary alicyclic amines) is 1. The van der Waals surface area contributed by atoms with Gasteiger partial charge in [0.05, 0.1) is 17.6 Å². The van der Waals surface area contributed by atoms with Crippen LogP contribution in [0.1, 0.15) is 42.0 Å². The number of carbonyl (C=O) groups excluding carboxylic acids is 2. The van der Waals surface area contributed by atoms with Crippen molar-refractivity contribution in [2.24, 2.45) is 5.92 Å². The molecule has 3 aromatic rings. The molecule has 3 aliphatic rings. The molecule has 0 aromatic heterocycles.